The molecule has 0 spiro atoms. The summed E-state index contributed by atoms with van der Waals surface area (Å²) >= 11 is 0. The molecule has 1 rings (SSSR count). The smallest absolute Gasteiger partial charge is 0.134 e. The molecular weight excluding hydrogens is 150 g/mol. The van der Waals surface area contributed by atoms with Crippen LogP contribution in [0.1, 0.15) is 39.5 Å². The lowest BCUT2D eigenvalue weighted by Crippen LogP contribution is -2.26. The SMILES string of the molecule is CC1(C)CCC(OCC#N)CC1. The molecule has 1 saturated carbocycles. The zero-order valence-electron chi connectivity index (χ0n) is 7.97. The summed E-state index contributed by atoms with van der Waals surface area (Å²) in [4.78, 5) is 0. The maximum absolute atomic E-state index is 8.32. The Morgan fingerprint density at radius 1 is 1.42 bits per heavy atom. The van der Waals surface area contributed by atoms with Crippen molar-refractivity contribution >= 4 is 0 Å². The van der Waals surface area contributed by atoms with E-state index in [4.69, 9.17) is 10.00 Å². The van der Waals surface area contributed by atoms with Crippen molar-refractivity contribution in [3.8, 4) is 6.07 Å². The number of nitrogens with zero attached hydrogens (tertiary/aromatic N) is 1. The van der Waals surface area contributed by atoms with Crippen LogP contribution in [0.3, 0.4) is 0 Å². The first-order valence-electron chi connectivity index (χ1n) is 4.63. The summed E-state index contributed by atoms with van der Waals surface area (Å²) in [5.74, 6) is 0. The first-order valence-corrected chi connectivity index (χ1v) is 4.63. The minimum atomic E-state index is 0.255. The molecule has 0 saturated heterocycles. The van der Waals surface area contributed by atoms with Crippen molar-refractivity contribution in [3.05, 3.63) is 0 Å². The minimum Gasteiger partial charge on any atom is -0.363 e. The van der Waals surface area contributed by atoms with Crippen molar-refractivity contribution in [1.29, 1.82) is 5.26 Å². The highest BCUT2D eigenvalue weighted by atomic mass is 16.5. The van der Waals surface area contributed by atoms with Gasteiger partial charge in [-0.1, -0.05) is 13.8 Å². The Labute approximate surface area is 74.5 Å². The molecule has 0 aliphatic heterocycles. The molecule has 0 bridgehead atoms. The second-order valence-corrected chi connectivity index (χ2v) is 4.33. The van der Waals surface area contributed by atoms with Crippen molar-refractivity contribution < 1.29 is 4.74 Å². The Bertz CT molecular complexity index is 171. The lowest BCUT2D eigenvalue weighted by Gasteiger charge is -2.33. The largest absolute Gasteiger partial charge is 0.363 e. The van der Waals surface area contributed by atoms with Gasteiger partial charge in [0, 0.05) is 0 Å². The maximum Gasteiger partial charge on any atom is 0.134 e. The topological polar surface area (TPSA) is 33.0 Å². The second-order valence-electron chi connectivity index (χ2n) is 4.33. The van der Waals surface area contributed by atoms with E-state index in [9.17, 15) is 0 Å². The monoisotopic (exact) mass is 167 g/mol. The minimum absolute atomic E-state index is 0.255. The average molecular weight is 167 g/mol. The molecule has 0 aromatic rings. The van der Waals surface area contributed by atoms with E-state index in [1.807, 2.05) is 6.07 Å². The molecule has 68 valence electrons. The third kappa shape index (κ3) is 2.83. The first-order chi connectivity index (χ1) is 5.64. The van der Waals surface area contributed by atoms with Crippen molar-refractivity contribution in [2.24, 2.45) is 5.41 Å². The molecule has 12 heavy (non-hydrogen) atoms. The van der Waals surface area contributed by atoms with Gasteiger partial charge in [0.2, 0.25) is 0 Å². The predicted octanol–water partition coefficient (Wildman–Crippen LogP) is 2.50. The Balaban J connectivity index is 2.23. The molecule has 0 radical (unpaired) electrons. The molecule has 0 atom stereocenters. The number of hydrogen-bond acceptors (Lipinski definition) is 2. The Hall–Kier alpha value is -0.550. The van der Waals surface area contributed by atoms with E-state index in [2.05, 4.69) is 13.8 Å². The van der Waals surface area contributed by atoms with Gasteiger partial charge >= 0.3 is 0 Å². The van der Waals surface area contributed by atoms with Gasteiger partial charge in [-0.25, -0.2) is 0 Å². The Morgan fingerprint density at radius 2 is 2.00 bits per heavy atom. The average Bonchev–Trinajstić information content (AvgIpc) is 2.03. The van der Waals surface area contributed by atoms with E-state index in [1.165, 1.54) is 12.8 Å². The zero-order valence-corrected chi connectivity index (χ0v) is 7.97. The van der Waals surface area contributed by atoms with Gasteiger partial charge < -0.3 is 4.74 Å². The summed E-state index contributed by atoms with van der Waals surface area (Å²) in [5.41, 5.74) is 0.493. The molecule has 0 aromatic carbocycles. The zero-order chi connectivity index (χ0) is 9.03. The molecule has 2 nitrogen and oxygen atoms in total. The maximum atomic E-state index is 8.32. The molecule has 0 N–H and O–H groups in total. The van der Waals surface area contributed by atoms with Crippen LogP contribution in [0.4, 0.5) is 0 Å². The molecule has 0 amide bonds. The van der Waals surface area contributed by atoms with Crippen LogP contribution in [0.25, 0.3) is 0 Å². The van der Waals surface area contributed by atoms with Gasteiger partial charge in [0.15, 0.2) is 0 Å². The van der Waals surface area contributed by atoms with E-state index in [1.54, 1.807) is 0 Å². The van der Waals surface area contributed by atoms with Crippen LogP contribution in [-0.4, -0.2) is 12.7 Å². The summed E-state index contributed by atoms with van der Waals surface area (Å²) < 4.78 is 5.36. The van der Waals surface area contributed by atoms with E-state index in [0.29, 0.717) is 11.5 Å². The van der Waals surface area contributed by atoms with E-state index in [0.717, 1.165) is 12.8 Å². The summed E-state index contributed by atoms with van der Waals surface area (Å²) in [5, 5.41) is 8.32. The highest BCUT2D eigenvalue weighted by Crippen LogP contribution is 2.35. The second kappa shape index (κ2) is 3.91. The molecule has 0 heterocycles. The highest BCUT2D eigenvalue weighted by molar-refractivity contribution is 4.80. The standard InChI is InChI=1S/C10H17NO/c1-10(2)5-3-9(4-6-10)12-8-7-11/h9H,3-6,8H2,1-2H3. The van der Waals surface area contributed by atoms with Crippen molar-refractivity contribution in [2.45, 2.75) is 45.6 Å². The number of hydrogen-bond donors (Lipinski definition) is 0. The molecular formula is C10H17NO. The molecule has 1 aliphatic rings. The fourth-order valence-corrected chi connectivity index (χ4v) is 1.69. The van der Waals surface area contributed by atoms with Crippen LogP contribution in [0.15, 0.2) is 0 Å². The van der Waals surface area contributed by atoms with Gasteiger partial charge in [-0.3, -0.25) is 0 Å². The van der Waals surface area contributed by atoms with Crippen LogP contribution in [0, 0.1) is 16.7 Å². The number of rotatable bonds is 2. The first kappa shape index (κ1) is 9.54. The summed E-state index contributed by atoms with van der Waals surface area (Å²) in [6.45, 7) is 4.85. The lowest BCUT2D eigenvalue weighted by molar-refractivity contribution is 0.0208. The third-order valence-corrected chi connectivity index (χ3v) is 2.67. The lowest BCUT2D eigenvalue weighted by atomic mass is 9.76. The van der Waals surface area contributed by atoms with Gasteiger partial charge in [-0.05, 0) is 31.1 Å². The molecule has 2 heteroatoms. The van der Waals surface area contributed by atoms with Gasteiger partial charge in [0.05, 0.1) is 12.2 Å². The fraction of sp³-hybridized carbons (Fsp3) is 0.900. The molecule has 1 fully saturated rings. The van der Waals surface area contributed by atoms with Gasteiger partial charge in [0.25, 0.3) is 0 Å². The van der Waals surface area contributed by atoms with Crippen molar-refractivity contribution in [3.63, 3.8) is 0 Å². The third-order valence-electron chi connectivity index (χ3n) is 2.67. The molecule has 0 aromatic heterocycles. The predicted molar refractivity (Wildman–Crippen MR) is 47.6 cm³/mol. The summed E-state index contributed by atoms with van der Waals surface area (Å²) in [6.07, 6.45) is 5.04. The fourth-order valence-electron chi connectivity index (χ4n) is 1.69. The quantitative estimate of drug-likeness (QED) is 0.633. The van der Waals surface area contributed by atoms with Gasteiger partial charge in [-0.15, -0.1) is 0 Å². The number of nitriles is 1. The summed E-state index contributed by atoms with van der Waals surface area (Å²) in [7, 11) is 0. The van der Waals surface area contributed by atoms with Crippen LogP contribution < -0.4 is 0 Å². The van der Waals surface area contributed by atoms with Crippen molar-refractivity contribution in [1.82, 2.24) is 0 Å². The Morgan fingerprint density at radius 3 is 2.50 bits per heavy atom. The van der Waals surface area contributed by atoms with Crippen molar-refractivity contribution in [2.75, 3.05) is 6.61 Å². The Kier molecular flexibility index (Phi) is 3.11. The van der Waals surface area contributed by atoms with Gasteiger partial charge in [-0.2, -0.15) is 5.26 Å². The van der Waals surface area contributed by atoms with Crippen LogP contribution in [0.5, 0.6) is 0 Å². The highest BCUT2D eigenvalue weighted by Gasteiger charge is 2.26. The summed E-state index contributed by atoms with van der Waals surface area (Å²) in [6, 6.07) is 2.01. The normalized spacial score (nSPS) is 23.4. The number of ether oxygens (including phenoxy) is 1. The van der Waals surface area contributed by atoms with Crippen LogP contribution in [-0.2, 0) is 4.74 Å². The van der Waals surface area contributed by atoms with E-state index >= 15 is 0 Å². The van der Waals surface area contributed by atoms with E-state index < -0.39 is 0 Å². The molecule has 0 unspecified atom stereocenters. The molecule has 1 aliphatic carbocycles. The van der Waals surface area contributed by atoms with E-state index in [-0.39, 0.29) is 6.61 Å². The van der Waals surface area contributed by atoms with Crippen LogP contribution in [0.2, 0.25) is 0 Å². The van der Waals surface area contributed by atoms with Gasteiger partial charge in [0.1, 0.15) is 6.61 Å². The van der Waals surface area contributed by atoms with Crippen LogP contribution >= 0.6 is 0 Å².